The molecule has 0 aromatic heterocycles. The molecule has 1 atom stereocenters. The van der Waals surface area contributed by atoms with Gasteiger partial charge in [-0.3, -0.25) is 0 Å². The molecule has 1 unspecified atom stereocenters. The van der Waals surface area contributed by atoms with Crippen LogP contribution in [0.25, 0.3) is 0 Å². The molecule has 0 aliphatic carbocycles. The summed E-state index contributed by atoms with van der Waals surface area (Å²) in [4.78, 5) is 0. The second kappa shape index (κ2) is 16.0. The van der Waals surface area contributed by atoms with Gasteiger partial charge in [-0.2, -0.15) is 0 Å². The quantitative estimate of drug-likeness (QED) is 0.170. The van der Waals surface area contributed by atoms with Gasteiger partial charge in [-0.1, -0.05) is 0 Å². The minimum atomic E-state index is -0.256. The maximum atomic E-state index is 11.9. The monoisotopic (exact) mass is 654 g/mol. The molecule has 0 heterocycles. The molecular weight excluding hydrogens is 613 g/mol. The van der Waals surface area contributed by atoms with Crippen LogP contribution in [0, 0.1) is 0 Å². The van der Waals surface area contributed by atoms with Gasteiger partial charge in [0.15, 0.2) is 0 Å². The van der Waals surface area contributed by atoms with E-state index in [1.54, 1.807) is 0 Å². The molecule has 0 aliphatic heterocycles. The Morgan fingerprint density at radius 3 is 1.29 bits per heavy atom. The van der Waals surface area contributed by atoms with Gasteiger partial charge >= 0.3 is 227 Å². The van der Waals surface area contributed by atoms with Crippen molar-refractivity contribution < 1.29 is 5.11 Å². The van der Waals surface area contributed by atoms with Crippen molar-refractivity contribution in [1.82, 2.24) is 0 Å². The predicted molar refractivity (Wildman–Crippen MR) is 151 cm³/mol. The van der Waals surface area contributed by atoms with Crippen LogP contribution in [0.2, 0.25) is 2.11 Å². The molecular formula is C30H38OSe3. The van der Waals surface area contributed by atoms with Gasteiger partial charge in [-0.15, -0.1) is 0 Å². The molecule has 0 fully saturated rings. The number of unbranched alkanes of at least 4 members (excludes halogenated alkanes) is 7. The molecule has 3 aromatic carbocycles. The molecule has 0 saturated heterocycles. The van der Waals surface area contributed by atoms with Gasteiger partial charge in [-0.05, 0) is 0 Å². The molecule has 0 saturated carbocycles. The van der Waals surface area contributed by atoms with E-state index >= 15 is 0 Å². The zero-order valence-electron chi connectivity index (χ0n) is 20.3. The van der Waals surface area contributed by atoms with E-state index in [4.69, 9.17) is 0 Å². The third-order valence-corrected chi connectivity index (χ3v) is 17.9. The predicted octanol–water partition coefficient (Wildman–Crippen LogP) is 5.04. The number of hydrogen-bond donors (Lipinski definition) is 1. The van der Waals surface area contributed by atoms with Gasteiger partial charge in [0.25, 0.3) is 0 Å². The summed E-state index contributed by atoms with van der Waals surface area (Å²) in [6.45, 7) is 2.28. The molecule has 34 heavy (non-hydrogen) atoms. The van der Waals surface area contributed by atoms with Crippen molar-refractivity contribution in [3.05, 3.63) is 91.0 Å². The van der Waals surface area contributed by atoms with Crippen LogP contribution < -0.4 is 13.4 Å². The van der Waals surface area contributed by atoms with Crippen molar-refractivity contribution in [2.75, 3.05) is 0 Å². The van der Waals surface area contributed by atoms with Crippen molar-refractivity contribution in [3.63, 3.8) is 0 Å². The van der Waals surface area contributed by atoms with Crippen molar-refractivity contribution >= 4 is 58.3 Å². The van der Waals surface area contributed by atoms with Gasteiger partial charge in [0.2, 0.25) is 0 Å². The molecule has 3 aromatic rings. The Morgan fingerprint density at radius 2 is 0.912 bits per heavy atom. The Balaban J connectivity index is 1.76. The third kappa shape index (κ3) is 9.67. The van der Waals surface area contributed by atoms with Crippen molar-refractivity contribution in [1.29, 1.82) is 0 Å². The van der Waals surface area contributed by atoms with Crippen LogP contribution in [0.5, 0.6) is 0 Å². The van der Waals surface area contributed by atoms with Crippen LogP contribution >= 0.6 is 0 Å². The number of benzene rings is 3. The molecule has 4 heteroatoms. The van der Waals surface area contributed by atoms with Crippen LogP contribution in [0.3, 0.4) is 0 Å². The fourth-order valence-electron chi connectivity index (χ4n) is 3.87. The van der Waals surface area contributed by atoms with Gasteiger partial charge in [0.1, 0.15) is 0 Å². The van der Waals surface area contributed by atoms with E-state index in [9.17, 15) is 5.11 Å². The van der Waals surface area contributed by atoms with E-state index in [0.717, 1.165) is 12.8 Å². The molecule has 0 aliphatic rings. The molecule has 182 valence electrons. The first-order valence-corrected chi connectivity index (χ1v) is 17.8. The first kappa shape index (κ1) is 27.8. The van der Waals surface area contributed by atoms with E-state index < -0.39 is 0 Å². The summed E-state index contributed by atoms with van der Waals surface area (Å²) in [7, 11) is 0. The summed E-state index contributed by atoms with van der Waals surface area (Å²) < 4.78 is 4.17. The SMILES string of the molecule is CCCCCCCCCCC(O)C([Se]c1ccccc1)([Se]c1ccccc1)[Se]c1ccccc1. The topological polar surface area (TPSA) is 20.2 Å². The summed E-state index contributed by atoms with van der Waals surface area (Å²) in [5, 5.41) is 11.9. The number of aliphatic hydroxyl groups excluding tert-OH is 1. The van der Waals surface area contributed by atoms with Crippen LogP contribution in [0.4, 0.5) is 0 Å². The van der Waals surface area contributed by atoms with Gasteiger partial charge in [0, 0.05) is 0 Å². The Morgan fingerprint density at radius 1 is 0.559 bits per heavy atom. The molecule has 0 amide bonds. The molecule has 1 N–H and O–H groups in total. The summed E-state index contributed by atoms with van der Waals surface area (Å²) >= 11 is 0.624. The van der Waals surface area contributed by atoms with Crippen molar-refractivity contribution in [2.45, 2.75) is 72.9 Å². The fourth-order valence-corrected chi connectivity index (χ4v) is 17.3. The summed E-state index contributed by atoms with van der Waals surface area (Å²) in [6.07, 6.45) is 11.1. The zero-order valence-corrected chi connectivity index (χ0v) is 25.4. The molecule has 0 bridgehead atoms. The Bertz CT molecular complexity index is 801. The third-order valence-electron chi connectivity index (χ3n) is 5.75. The zero-order chi connectivity index (χ0) is 23.9. The second-order valence-electron chi connectivity index (χ2n) is 8.63. The summed E-state index contributed by atoms with van der Waals surface area (Å²) in [5.41, 5.74) is 0. The molecule has 3 rings (SSSR count). The number of hydrogen-bond acceptors (Lipinski definition) is 1. The van der Waals surface area contributed by atoms with Crippen LogP contribution in [0.1, 0.15) is 64.7 Å². The Hall–Kier alpha value is -0.822. The average molecular weight is 652 g/mol. The number of rotatable bonds is 16. The first-order chi connectivity index (χ1) is 16.7. The van der Waals surface area contributed by atoms with E-state index in [1.165, 1.54) is 58.3 Å². The van der Waals surface area contributed by atoms with Crippen LogP contribution in [0.15, 0.2) is 91.0 Å². The maximum absolute atomic E-state index is 11.9. The second-order valence-corrected chi connectivity index (χ2v) is 20.9. The van der Waals surface area contributed by atoms with E-state index in [1.807, 2.05) is 0 Å². The average Bonchev–Trinajstić information content (AvgIpc) is 2.87. The van der Waals surface area contributed by atoms with Gasteiger partial charge < -0.3 is 0 Å². The molecule has 0 spiro atoms. The van der Waals surface area contributed by atoms with Gasteiger partial charge in [0.05, 0.1) is 0 Å². The number of aliphatic hydroxyl groups is 1. The minimum absolute atomic E-state index is 0.0435. The Kier molecular flexibility index (Phi) is 13.1. The van der Waals surface area contributed by atoms with E-state index in [2.05, 4.69) is 97.9 Å². The summed E-state index contributed by atoms with van der Waals surface area (Å²) in [5.74, 6) is 0. The molecule has 1 nitrogen and oxygen atoms in total. The Labute approximate surface area is 226 Å². The van der Waals surface area contributed by atoms with E-state index in [-0.39, 0.29) is 53.1 Å². The van der Waals surface area contributed by atoms with Crippen molar-refractivity contribution in [2.24, 2.45) is 0 Å². The normalized spacial score (nSPS) is 12.5. The molecule has 0 radical (unpaired) electrons. The van der Waals surface area contributed by atoms with Gasteiger partial charge in [-0.25, -0.2) is 0 Å². The first-order valence-electron chi connectivity index (χ1n) is 12.6. The standard InChI is InChI=1S/C30H38OSe3/c1-2-3-4-5-6-7-8-18-25-29(31)30(32-26-19-12-9-13-20-26,33-27-21-14-10-15-22-27)34-28-23-16-11-17-24-28/h9-17,19-24,29,31H,2-8,18,25H2,1H3. The fraction of sp³-hybridized carbons (Fsp3) is 0.400. The van der Waals surface area contributed by atoms with Crippen LogP contribution in [-0.2, 0) is 0 Å². The van der Waals surface area contributed by atoms with Crippen molar-refractivity contribution in [3.8, 4) is 0 Å². The summed E-state index contributed by atoms with van der Waals surface area (Å²) in [6, 6.07) is 32.8. The van der Waals surface area contributed by atoms with Crippen LogP contribution in [-0.4, -0.2) is 56.1 Å². The van der Waals surface area contributed by atoms with E-state index in [0.29, 0.717) is 0 Å².